The van der Waals surface area contributed by atoms with E-state index in [4.69, 9.17) is 11.3 Å². The summed E-state index contributed by atoms with van der Waals surface area (Å²) in [4.78, 5) is 8.62. The van der Waals surface area contributed by atoms with E-state index in [1.165, 1.54) is 12.3 Å². The number of oxazole rings is 1. The number of hydrogen-bond donors (Lipinski definition) is 0. The van der Waals surface area contributed by atoms with Gasteiger partial charge in [-0.2, -0.15) is 0 Å². The Morgan fingerprint density at radius 1 is 1.32 bits per heavy atom. The normalized spacial score (nSPS) is 16.6. The molecule has 0 unspecified atom stereocenters. The van der Waals surface area contributed by atoms with Gasteiger partial charge < -0.3 is 4.42 Å². The van der Waals surface area contributed by atoms with Gasteiger partial charge in [-0.25, -0.2) is 4.98 Å². The highest BCUT2D eigenvalue weighted by molar-refractivity contribution is 5.89. The van der Waals surface area contributed by atoms with E-state index < -0.39 is 18.6 Å². The lowest BCUT2D eigenvalue weighted by atomic mass is 9.86. The lowest BCUT2D eigenvalue weighted by molar-refractivity contribution is 0.410. The number of nitrogens with zero attached hydrogens (tertiary/aromatic N) is 2. The van der Waals surface area contributed by atoms with Crippen LogP contribution < -0.4 is 0 Å². The zero-order valence-corrected chi connectivity index (χ0v) is 13.2. The van der Waals surface area contributed by atoms with Crippen molar-refractivity contribution in [1.82, 2.24) is 9.97 Å². The van der Waals surface area contributed by atoms with Gasteiger partial charge in [0.25, 0.3) is 0 Å². The van der Waals surface area contributed by atoms with Crippen LogP contribution in [0.25, 0.3) is 22.4 Å². The fraction of sp³-hybridized carbons (Fsp3) is 0.368. The number of para-hydroxylation sites is 1. The fourth-order valence-electron chi connectivity index (χ4n) is 2.37. The molecule has 0 bridgehead atoms. The summed E-state index contributed by atoms with van der Waals surface area (Å²) in [7, 11) is 0. The highest BCUT2D eigenvalue weighted by atomic mass is 16.3. The molecule has 0 atom stereocenters. The maximum absolute atomic E-state index is 8.62. The van der Waals surface area contributed by atoms with Gasteiger partial charge in [0, 0.05) is 25.5 Å². The SMILES string of the molecule is [2H]C([2H])([2H])c1cnc(-c2cccc3nc(C)oc23)cc1C([2H])([2H])C(C)(C)C. The van der Waals surface area contributed by atoms with Gasteiger partial charge in [0.2, 0.25) is 0 Å². The van der Waals surface area contributed by atoms with Crippen LogP contribution in [0.3, 0.4) is 0 Å². The molecule has 3 nitrogen and oxygen atoms in total. The summed E-state index contributed by atoms with van der Waals surface area (Å²) < 4.78 is 46.3. The Kier molecular flexibility index (Phi) is 2.33. The van der Waals surface area contributed by atoms with Crippen LogP contribution in [0.1, 0.15) is 44.6 Å². The van der Waals surface area contributed by atoms with Crippen LogP contribution >= 0.6 is 0 Å². The van der Waals surface area contributed by atoms with Crippen LogP contribution in [0.5, 0.6) is 0 Å². The van der Waals surface area contributed by atoms with Crippen molar-refractivity contribution in [3.63, 3.8) is 0 Å². The minimum Gasteiger partial charge on any atom is -0.440 e. The summed E-state index contributed by atoms with van der Waals surface area (Å²) in [6.07, 6.45) is -0.622. The van der Waals surface area contributed by atoms with E-state index in [1.807, 2.05) is 12.1 Å². The predicted octanol–water partition coefficient (Wildman–Crippen LogP) is 5.10. The summed E-state index contributed by atoms with van der Waals surface area (Å²) in [5, 5.41) is 0. The quantitative estimate of drug-likeness (QED) is 0.661. The smallest absolute Gasteiger partial charge is 0.192 e. The van der Waals surface area contributed by atoms with Crippen LogP contribution in [0.2, 0.25) is 0 Å². The minimum absolute atomic E-state index is 0.0768. The molecule has 0 amide bonds. The topological polar surface area (TPSA) is 38.9 Å². The minimum atomic E-state index is -2.46. The molecule has 0 radical (unpaired) electrons. The third-order valence-electron chi connectivity index (χ3n) is 3.21. The molecular formula is C19H22N2O. The number of benzene rings is 1. The average Bonchev–Trinajstić information content (AvgIpc) is 2.92. The summed E-state index contributed by atoms with van der Waals surface area (Å²) in [6.45, 7) is 4.53. The fourth-order valence-corrected chi connectivity index (χ4v) is 2.37. The van der Waals surface area contributed by atoms with E-state index in [-0.39, 0.29) is 11.1 Å². The van der Waals surface area contributed by atoms with Gasteiger partial charge in [-0.3, -0.25) is 4.98 Å². The van der Waals surface area contributed by atoms with Crippen LogP contribution in [0, 0.1) is 19.2 Å². The predicted molar refractivity (Wildman–Crippen MR) is 89.9 cm³/mol. The zero-order chi connectivity index (χ0) is 20.2. The molecule has 114 valence electrons. The molecule has 3 rings (SSSR count). The van der Waals surface area contributed by atoms with Crippen molar-refractivity contribution in [3.05, 3.63) is 47.5 Å². The van der Waals surface area contributed by atoms with E-state index in [2.05, 4.69) is 9.97 Å². The third kappa shape index (κ3) is 2.89. The molecule has 0 spiro atoms. The summed E-state index contributed by atoms with van der Waals surface area (Å²) >= 11 is 0. The van der Waals surface area contributed by atoms with Gasteiger partial charge in [-0.15, -0.1) is 0 Å². The molecule has 3 aromatic rings. The second-order valence-electron chi connectivity index (χ2n) is 6.38. The first kappa shape index (κ1) is 9.78. The summed E-state index contributed by atoms with van der Waals surface area (Å²) in [5.74, 6) is 0.516. The number of aryl methyl sites for hydroxylation is 2. The molecule has 0 saturated heterocycles. The van der Waals surface area contributed by atoms with E-state index in [1.54, 1.807) is 33.8 Å². The first-order chi connectivity index (χ1) is 12.3. The number of hydrogen-bond acceptors (Lipinski definition) is 3. The van der Waals surface area contributed by atoms with E-state index in [0.29, 0.717) is 28.2 Å². The van der Waals surface area contributed by atoms with Crippen LogP contribution in [-0.2, 0) is 6.37 Å². The first-order valence-electron chi connectivity index (χ1n) is 9.70. The highest BCUT2D eigenvalue weighted by Gasteiger charge is 2.16. The molecule has 0 aliphatic carbocycles. The molecule has 22 heavy (non-hydrogen) atoms. The van der Waals surface area contributed by atoms with E-state index in [0.717, 1.165) is 0 Å². The number of pyridine rings is 1. The van der Waals surface area contributed by atoms with Gasteiger partial charge >= 0.3 is 0 Å². The Hall–Kier alpha value is -2.16. The second-order valence-corrected chi connectivity index (χ2v) is 6.38. The van der Waals surface area contributed by atoms with Crippen molar-refractivity contribution in [2.45, 2.75) is 40.9 Å². The number of rotatable bonds is 2. The number of fused-ring (bicyclic) bond motifs is 1. The number of aromatic nitrogens is 2. The van der Waals surface area contributed by atoms with Crippen molar-refractivity contribution >= 4 is 11.1 Å². The van der Waals surface area contributed by atoms with E-state index >= 15 is 0 Å². The molecule has 0 aliphatic rings. The van der Waals surface area contributed by atoms with Crippen molar-refractivity contribution < 1.29 is 11.3 Å². The van der Waals surface area contributed by atoms with Crippen LogP contribution in [-0.4, -0.2) is 9.97 Å². The standard InChI is InChI=1S/C19H22N2O/c1-12-11-20-17(9-14(12)10-19(3,4)5)15-7-6-8-16-18(15)22-13(2)21-16/h6-9,11H,10H2,1-5H3/i1D3,10D2. The Balaban J connectivity index is 2.30. The van der Waals surface area contributed by atoms with Crippen molar-refractivity contribution in [1.29, 1.82) is 0 Å². The van der Waals surface area contributed by atoms with Gasteiger partial charge in [-0.05, 0) is 48.0 Å². The summed E-state index contributed by atoms with van der Waals surface area (Å²) in [5.41, 5.74) is 1.56. The summed E-state index contributed by atoms with van der Waals surface area (Å²) in [6, 6.07) is 6.97. The Morgan fingerprint density at radius 3 is 2.86 bits per heavy atom. The largest absolute Gasteiger partial charge is 0.440 e. The molecule has 0 saturated carbocycles. The lowest BCUT2D eigenvalue weighted by Gasteiger charge is -2.20. The molecule has 3 heteroatoms. The third-order valence-corrected chi connectivity index (χ3v) is 3.21. The Labute approximate surface area is 138 Å². The van der Waals surface area contributed by atoms with Crippen molar-refractivity contribution in [3.8, 4) is 11.3 Å². The molecule has 2 aromatic heterocycles. The van der Waals surface area contributed by atoms with Crippen molar-refractivity contribution in [2.75, 3.05) is 0 Å². The molecule has 0 fully saturated rings. The van der Waals surface area contributed by atoms with E-state index in [9.17, 15) is 0 Å². The lowest BCUT2D eigenvalue weighted by Crippen LogP contribution is -2.10. The maximum atomic E-state index is 8.62. The zero-order valence-electron chi connectivity index (χ0n) is 18.2. The van der Waals surface area contributed by atoms with Gasteiger partial charge in [-0.1, -0.05) is 26.8 Å². The van der Waals surface area contributed by atoms with Gasteiger partial charge in [0.05, 0.1) is 5.69 Å². The molecule has 0 N–H and O–H groups in total. The van der Waals surface area contributed by atoms with Gasteiger partial charge in [0.15, 0.2) is 11.5 Å². The van der Waals surface area contributed by atoms with Crippen LogP contribution in [0.4, 0.5) is 0 Å². The molecule has 1 aromatic carbocycles. The highest BCUT2D eigenvalue weighted by Crippen LogP contribution is 2.30. The molecule has 0 aliphatic heterocycles. The average molecular weight is 299 g/mol. The monoisotopic (exact) mass is 299 g/mol. The van der Waals surface area contributed by atoms with Gasteiger partial charge in [0.1, 0.15) is 5.52 Å². The first-order valence-corrected chi connectivity index (χ1v) is 7.20. The maximum Gasteiger partial charge on any atom is 0.192 e. The Morgan fingerprint density at radius 2 is 2.14 bits per heavy atom. The van der Waals surface area contributed by atoms with Crippen molar-refractivity contribution in [2.24, 2.45) is 5.41 Å². The molecular weight excluding hydrogens is 272 g/mol. The Bertz CT molecular complexity index is 999. The second kappa shape index (κ2) is 5.24. The van der Waals surface area contributed by atoms with Crippen LogP contribution in [0.15, 0.2) is 34.9 Å². The molecule has 2 heterocycles.